The molecule has 1 saturated heterocycles. The molecular weight excluding hydrogens is 356 g/mol. The van der Waals surface area contributed by atoms with Gasteiger partial charge in [0.1, 0.15) is 0 Å². The van der Waals surface area contributed by atoms with E-state index in [1.807, 2.05) is 11.8 Å². The topological polar surface area (TPSA) is 90.0 Å². The Bertz CT molecular complexity index is 739. The molecule has 1 aliphatic heterocycles. The molecule has 1 aromatic rings. The summed E-state index contributed by atoms with van der Waals surface area (Å²) in [5.74, 6) is -0.414. The predicted octanol–water partition coefficient (Wildman–Crippen LogP) is -0.494. The largest absolute Gasteiger partial charge is 0.347 e. The summed E-state index contributed by atoms with van der Waals surface area (Å²) in [5, 5.41) is 2.58. The van der Waals surface area contributed by atoms with Crippen molar-refractivity contribution in [2.75, 3.05) is 53.4 Å². The molecule has 0 saturated carbocycles. The number of rotatable bonds is 6. The first kappa shape index (κ1) is 20.3. The van der Waals surface area contributed by atoms with Crippen molar-refractivity contribution in [1.82, 2.24) is 19.4 Å². The van der Waals surface area contributed by atoms with Gasteiger partial charge in [0.15, 0.2) is 0 Å². The van der Waals surface area contributed by atoms with Gasteiger partial charge in [-0.15, -0.1) is 0 Å². The van der Waals surface area contributed by atoms with Gasteiger partial charge in [-0.2, -0.15) is 4.31 Å². The van der Waals surface area contributed by atoms with Crippen LogP contribution in [0.4, 0.5) is 0 Å². The van der Waals surface area contributed by atoms with Crippen molar-refractivity contribution in [2.45, 2.75) is 11.8 Å². The lowest BCUT2D eigenvalue weighted by Gasteiger charge is -2.33. The first-order valence-electron chi connectivity index (χ1n) is 8.46. The fourth-order valence-electron chi connectivity index (χ4n) is 2.58. The van der Waals surface area contributed by atoms with E-state index < -0.39 is 10.0 Å². The van der Waals surface area contributed by atoms with E-state index in [2.05, 4.69) is 5.32 Å². The summed E-state index contributed by atoms with van der Waals surface area (Å²) in [6, 6.07) is 6.80. The number of amides is 2. The highest BCUT2D eigenvalue weighted by molar-refractivity contribution is 7.89. The molecule has 26 heavy (non-hydrogen) atoms. The zero-order valence-corrected chi connectivity index (χ0v) is 16.3. The first-order chi connectivity index (χ1) is 12.2. The van der Waals surface area contributed by atoms with Crippen molar-refractivity contribution in [3.63, 3.8) is 0 Å². The summed E-state index contributed by atoms with van der Waals surface area (Å²) in [7, 11) is -0.251. The lowest BCUT2D eigenvalue weighted by Crippen LogP contribution is -2.51. The molecule has 0 spiro atoms. The van der Waals surface area contributed by atoms with Gasteiger partial charge in [0.2, 0.25) is 21.8 Å². The number of likely N-dealkylation sites (N-methyl/N-ethyl adjacent to an activating group) is 1. The third kappa shape index (κ3) is 5.26. The summed E-state index contributed by atoms with van der Waals surface area (Å²) in [4.78, 5) is 27.0. The molecule has 9 heteroatoms. The zero-order chi connectivity index (χ0) is 19.3. The molecule has 0 unspecified atom stereocenters. The number of hydrogen-bond donors (Lipinski definition) is 1. The van der Waals surface area contributed by atoms with Crippen LogP contribution in [0.5, 0.6) is 0 Å². The molecule has 0 bridgehead atoms. The van der Waals surface area contributed by atoms with Crippen molar-refractivity contribution in [1.29, 1.82) is 0 Å². The van der Waals surface area contributed by atoms with Gasteiger partial charge in [-0.1, -0.05) is 17.7 Å². The summed E-state index contributed by atoms with van der Waals surface area (Å²) < 4.78 is 26.8. The molecule has 0 atom stereocenters. The molecule has 1 N–H and O–H groups in total. The summed E-state index contributed by atoms with van der Waals surface area (Å²) >= 11 is 0. The van der Waals surface area contributed by atoms with Gasteiger partial charge < -0.3 is 10.2 Å². The van der Waals surface area contributed by atoms with Crippen molar-refractivity contribution in [2.24, 2.45) is 0 Å². The molecule has 1 fully saturated rings. The van der Waals surface area contributed by atoms with Gasteiger partial charge in [0.25, 0.3) is 0 Å². The van der Waals surface area contributed by atoms with Gasteiger partial charge in [0.05, 0.1) is 18.0 Å². The van der Waals surface area contributed by atoms with Gasteiger partial charge in [-0.25, -0.2) is 8.42 Å². The standard InChI is InChI=1S/C17H26N4O4S/c1-14-4-6-15(7-5-14)26(24,25)21-10-8-20(9-11-21)13-16(22)18-12-17(23)19(2)3/h4-7H,8-13H2,1-3H3,(H,18,22). The third-order valence-corrected chi connectivity index (χ3v) is 6.21. The van der Waals surface area contributed by atoms with E-state index in [-0.39, 0.29) is 29.8 Å². The lowest BCUT2D eigenvalue weighted by molar-refractivity contribution is -0.131. The van der Waals surface area contributed by atoms with Crippen LogP contribution in [0.2, 0.25) is 0 Å². The van der Waals surface area contributed by atoms with Crippen molar-refractivity contribution in [3.05, 3.63) is 29.8 Å². The molecule has 1 aliphatic rings. The highest BCUT2D eigenvalue weighted by Gasteiger charge is 2.29. The van der Waals surface area contributed by atoms with E-state index in [1.165, 1.54) is 9.21 Å². The van der Waals surface area contributed by atoms with Crippen LogP contribution in [0.3, 0.4) is 0 Å². The number of nitrogens with zero attached hydrogens (tertiary/aromatic N) is 3. The van der Waals surface area contributed by atoms with Gasteiger partial charge >= 0.3 is 0 Å². The molecule has 1 aromatic carbocycles. The highest BCUT2D eigenvalue weighted by Crippen LogP contribution is 2.18. The number of sulfonamides is 1. The van der Waals surface area contributed by atoms with E-state index >= 15 is 0 Å². The Morgan fingerprint density at radius 1 is 1.08 bits per heavy atom. The second-order valence-electron chi connectivity index (χ2n) is 6.56. The van der Waals surface area contributed by atoms with Crippen LogP contribution in [-0.2, 0) is 19.6 Å². The van der Waals surface area contributed by atoms with Crippen LogP contribution >= 0.6 is 0 Å². The van der Waals surface area contributed by atoms with E-state index in [9.17, 15) is 18.0 Å². The highest BCUT2D eigenvalue weighted by atomic mass is 32.2. The van der Waals surface area contributed by atoms with E-state index in [1.54, 1.807) is 38.4 Å². The summed E-state index contributed by atoms with van der Waals surface area (Å²) in [6.07, 6.45) is 0. The van der Waals surface area contributed by atoms with Crippen LogP contribution in [0.25, 0.3) is 0 Å². The second-order valence-corrected chi connectivity index (χ2v) is 8.50. The average Bonchev–Trinajstić information content (AvgIpc) is 2.60. The quantitative estimate of drug-likeness (QED) is 0.717. The number of carbonyl (C=O) groups excluding carboxylic acids is 2. The van der Waals surface area contributed by atoms with Crippen LogP contribution < -0.4 is 5.32 Å². The lowest BCUT2D eigenvalue weighted by atomic mass is 10.2. The monoisotopic (exact) mass is 382 g/mol. The number of aryl methyl sites for hydroxylation is 1. The number of benzene rings is 1. The first-order valence-corrected chi connectivity index (χ1v) is 9.90. The van der Waals surface area contributed by atoms with Gasteiger partial charge in [0, 0.05) is 40.3 Å². The average molecular weight is 382 g/mol. The number of carbonyl (C=O) groups is 2. The maximum absolute atomic E-state index is 12.7. The van der Waals surface area contributed by atoms with Crippen molar-refractivity contribution < 1.29 is 18.0 Å². The minimum absolute atomic E-state index is 0.0341. The minimum atomic E-state index is -3.51. The normalized spacial score (nSPS) is 16.3. The maximum Gasteiger partial charge on any atom is 0.243 e. The Balaban J connectivity index is 1.84. The Labute approximate surface area is 154 Å². The Kier molecular flexibility index (Phi) is 6.74. The van der Waals surface area contributed by atoms with Crippen molar-refractivity contribution in [3.8, 4) is 0 Å². The molecule has 0 aliphatic carbocycles. The minimum Gasteiger partial charge on any atom is -0.347 e. The Morgan fingerprint density at radius 2 is 1.65 bits per heavy atom. The Morgan fingerprint density at radius 3 is 2.19 bits per heavy atom. The van der Waals surface area contributed by atoms with Crippen LogP contribution in [0, 0.1) is 6.92 Å². The molecule has 144 valence electrons. The fourth-order valence-corrected chi connectivity index (χ4v) is 4.00. The summed E-state index contributed by atoms with van der Waals surface area (Å²) in [5.41, 5.74) is 1.01. The van der Waals surface area contributed by atoms with Crippen LogP contribution in [0.1, 0.15) is 5.56 Å². The van der Waals surface area contributed by atoms with E-state index in [0.717, 1.165) is 5.56 Å². The molecule has 2 rings (SSSR count). The zero-order valence-electron chi connectivity index (χ0n) is 15.4. The molecular formula is C17H26N4O4S. The van der Waals surface area contributed by atoms with Gasteiger partial charge in [-0.05, 0) is 19.1 Å². The van der Waals surface area contributed by atoms with Gasteiger partial charge in [-0.3, -0.25) is 14.5 Å². The smallest absolute Gasteiger partial charge is 0.243 e. The van der Waals surface area contributed by atoms with Crippen LogP contribution in [-0.4, -0.2) is 87.7 Å². The number of nitrogens with one attached hydrogen (secondary N) is 1. The second kappa shape index (κ2) is 8.61. The van der Waals surface area contributed by atoms with Crippen molar-refractivity contribution >= 4 is 21.8 Å². The third-order valence-electron chi connectivity index (χ3n) is 4.29. The number of hydrogen-bond acceptors (Lipinski definition) is 5. The molecule has 0 aromatic heterocycles. The van der Waals surface area contributed by atoms with E-state index in [4.69, 9.17) is 0 Å². The van der Waals surface area contributed by atoms with E-state index in [0.29, 0.717) is 26.2 Å². The number of piperazine rings is 1. The predicted molar refractivity (Wildman–Crippen MR) is 98.1 cm³/mol. The maximum atomic E-state index is 12.7. The fraction of sp³-hybridized carbons (Fsp3) is 0.529. The Hall–Kier alpha value is -1.97. The molecule has 2 amide bonds. The molecule has 0 radical (unpaired) electrons. The molecule has 8 nitrogen and oxygen atoms in total. The summed E-state index contributed by atoms with van der Waals surface area (Å²) in [6.45, 7) is 3.64. The molecule has 1 heterocycles. The van der Waals surface area contributed by atoms with Crippen LogP contribution in [0.15, 0.2) is 29.2 Å². The SMILES string of the molecule is Cc1ccc(S(=O)(=O)N2CCN(CC(=O)NCC(=O)N(C)C)CC2)cc1.